The van der Waals surface area contributed by atoms with E-state index in [9.17, 15) is 4.79 Å². The summed E-state index contributed by atoms with van der Waals surface area (Å²) in [6.07, 6.45) is 1.01. The lowest BCUT2D eigenvalue weighted by Crippen LogP contribution is -2.13. The minimum absolute atomic E-state index is 0.0739. The summed E-state index contributed by atoms with van der Waals surface area (Å²) in [6.45, 7) is 3.93. The number of carbonyl (C=O) groups excluding carboxylic acids is 1. The molecule has 0 bridgehead atoms. The van der Waals surface area contributed by atoms with Gasteiger partial charge in [0.1, 0.15) is 6.61 Å². The summed E-state index contributed by atoms with van der Waals surface area (Å²) in [7, 11) is 0. The van der Waals surface area contributed by atoms with Gasteiger partial charge in [-0.15, -0.1) is 0 Å². The van der Waals surface area contributed by atoms with Crippen LogP contribution in [0.15, 0.2) is 0 Å². The molecule has 0 aliphatic carbocycles. The van der Waals surface area contributed by atoms with E-state index in [-0.39, 0.29) is 13.4 Å². The molecule has 0 radical (unpaired) electrons. The lowest BCUT2D eigenvalue weighted by atomic mass is 10.6. The molecule has 0 aromatic rings. The fourth-order valence-electron chi connectivity index (χ4n) is 0.533. The molecule has 5 nitrogen and oxygen atoms in total. The van der Waals surface area contributed by atoms with Gasteiger partial charge in [-0.1, -0.05) is 6.92 Å². The number of ether oxygens (including phenoxy) is 2. The Morgan fingerprint density at radius 3 is 2.79 bits per heavy atom. The Labute approximate surface area is 88.2 Å². The van der Waals surface area contributed by atoms with Crippen molar-refractivity contribution in [2.75, 3.05) is 25.8 Å². The van der Waals surface area contributed by atoms with Gasteiger partial charge in [-0.25, -0.2) is 4.79 Å². The van der Waals surface area contributed by atoms with Crippen molar-refractivity contribution in [2.24, 2.45) is 0 Å². The molecular weight excluding hydrogens is 208 g/mol. The van der Waals surface area contributed by atoms with Crippen molar-refractivity contribution in [3.8, 4) is 0 Å². The summed E-state index contributed by atoms with van der Waals surface area (Å²) < 4.78 is 14.1. The zero-order valence-corrected chi connectivity index (χ0v) is 9.30. The molecule has 0 aliphatic rings. The smallest absolute Gasteiger partial charge is 0.332 e. The zero-order chi connectivity index (χ0) is 10.6. The Hall–Kier alpha value is -0.300. The van der Waals surface area contributed by atoms with Crippen LogP contribution in [0.25, 0.3) is 0 Å². The van der Waals surface area contributed by atoms with E-state index in [4.69, 9.17) is 4.74 Å². The maximum Gasteiger partial charge on any atom is 0.332 e. The van der Waals surface area contributed by atoms with Gasteiger partial charge in [-0.2, -0.15) is 9.22 Å². The van der Waals surface area contributed by atoms with Crippen LogP contribution in [0.4, 0.5) is 0 Å². The first-order valence-electron chi connectivity index (χ1n) is 4.45. The van der Waals surface area contributed by atoms with Gasteiger partial charge in [-0.05, 0) is 13.3 Å². The van der Waals surface area contributed by atoms with Gasteiger partial charge in [0.05, 0.1) is 6.61 Å². The van der Waals surface area contributed by atoms with E-state index in [2.05, 4.69) is 14.0 Å². The van der Waals surface area contributed by atoms with Crippen LogP contribution in [0.2, 0.25) is 0 Å². The highest BCUT2D eigenvalue weighted by molar-refractivity contribution is 7.94. The number of carbonyl (C=O) groups is 1. The van der Waals surface area contributed by atoms with Gasteiger partial charge >= 0.3 is 5.97 Å². The number of rotatable bonds is 9. The lowest BCUT2D eigenvalue weighted by Gasteiger charge is -2.03. The molecule has 84 valence electrons. The second-order valence-corrected chi connectivity index (χ2v) is 3.06. The fraction of sp³-hybridized carbons (Fsp3) is 0.875. The molecule has 0 unspecified atom stereocenters. The Balaban J connectivity index is 3.01. The highest BCUT2D eigenvalue weighted by Crippen LogP contribution is 2.03. The SMILES string of the molecule is CCCSOOCOCC(=O)OCC. The van der Waals surface area contributed by atoms with Gasteiger partial charge in [-0.3, -0.25) is 0 Å². The first-order valence-corrected chi connectivity index (χ1v) is 5.36. The van der Waals surface area contributed by atoms with Crippen molar-refractivity contribution >= 4 is 18.0 Å². The molecule has 0 atom stereocenters. The lowest BCUT2D eigenvalue weighted by molar-refractivity contribution is -0.255. The molecule has 0 heterocycles. The summed E-state index contributed by atoms with van der Waals surface area (Å²) >= 11 is 1.20. The van der Waals surface area contributed by atoms with Crippen molar-refractivity contribution < 1.29 is 23.5 Å². The Morgan fingerprint density at radius 1 is 1.36 bits per heavy atom. The molecule has 0 saturated heterocycles. The average Bonchev–Trinajstić information content (AvgIpc) is 2.17. The summed E-state index contributed by atoms with van der Waals surface area (Å²) in [6, 6.07) is 0. The fourth-order valence-corrected chi connectivity index (χ4v) is 0.875. The molecule has 0 saturated carbocycles. The van der Waals surface area contributed by atoms with E-state index in [1.165, 1.54) is 12.0 Å². The summed E-state index contributed by atoms with van der Waals surface area (Å²) in [5.74, 6) is 0.454. The molecule has 6 heteroatoms. The predicted molar refractivity (Wildman–Crippen MR) is 52.4 cm³/mol. The second kappa shape index (κ2) is 10.8. The number of esters is 1. The van der Waals surface area contributed by atoms with Crippen LogP contribution in [0.3, 0.4) is 0 Å². The molecule has 0 N–H and O–H groups in total. The van der Waals surface area contributed by atoms with Crippen molar-refractivity contribution in [2.45, 2.75) is 20.3 Å². The van der Waals surface area contributed by atoms with Crippen LogP contribution >= 0.6 is 12.0 Å². The number of hydrogen-bond donors (Lipinski definition) is 0. The summed E-state index contributed by atoms with van der Waals surface area (Å²) in [5, 5.41) is 0. The maximum absolute atomic E-state index is 10.7. The third kappa shape index (κ3) is 9.79. The maximum atomic E-state index is 10.7. The predicted octanol–water partition coefficient (Wildman–Crippen LogP) is 1.53. The summed E-state index contributed by atoms with van der Waals surface area (Å²) in [4.78, 5) is 15.3. The van der Waals surface area contributed by atoms with E-state index in [0.717, 1.165) is 12.2 Å². The normalized spacial score (nSPS) is 10.1. The van der Waals surface area contributed by atoms with E-state index >= 15 is 0 Å². The molecule has 0 aromatic heterocycles. The first-order chi connectivity index (χ1) is 6.81. The molecular formula is C8H16O5S. The van der Waals surface area contributed by atoms with Crippen LogP contribution < -0.4 is 0 Å². The van der Waals surface area contributed by atoms with Gasteiger partial charge < -0.3 is 9.47 Å². The van der Waals surface area contributed by atoms with Crippen molar-refractivity contribution in [1.29, 1.82) is 0 Å². The third-order valence-electron chi connectivity index (χ3n) is 1.04. The van der Waals surface area contributed by atoms with E-state index in [1.807, 2.05) is 6.92 Å². The molecule has 0 aliphatic heterocycles. The highest BCUT2D eigenvalue weighted by Gasteiger charge is 2.00. The largest absolute Gasteiger partial charge is 0.464 e. The summed E-state index contributed by atoms with van der Waals surface area (Å²) in [5.41, 5.74) is 0. The minimum atomic E-state index is -0.405. The second-order valence-electron chi connectivity index (χ2n) is 2.28. The Kier molecular flexibility index (Phi) is 10.5. The van der Waals surface area contributed by atoms with Crippen LogP contribution in [0.5, 0.6) is 0 Å². The molecule has 0 aromatic carbocycles. The Bertz CT molecular complexity index is 142. The standard InChI is InChI=1S/C8H16O5S/c1-3-5-14-13-12-7-10-6-8(9)11-4-2/h3-7H2,1-2H3. The van der Waals surface area contributed by atoms with E-state index < -0.39 is 5.97 Å². The van der Waals surface area contributed by atoms with Gasteiger partial charge in [0, 0.05) is 17.8 Å². The monoisotopic (exact) mass is 224 g/mol. The first kappa shape index (κ1) is 13.7. The van der Waals surface area contributed by atoms with Crippen LogP contribution in [0, 0.1) is 0 Å². The Morgan fingerprint density at radius 2 is 2.14 bits per heavy atom. The van der Waals surface area contributed by atoms with Crippen molar-refractivity contribution in [1.82, 2.24) is 0 Å². The molecule has 0 rings (SSSR count). The van der Waals surface area contributed by atoms with Crippen LogP contribution in [-0.2, 0) is 23.5 Å². The molecule has 0 fully saturated rings. The molecule has 0 spiro atoms. The highest BCUT2D eigenvalue weighted by atomic mass is 32.2. The zero-order valence-electron chi connectivity index (χ0n) is 8.49. The van der Waals surface area contributed by atoms with Crippen molar-refractivity contribution in [3.63, 3.8) is 0 Å². The van der Waals surface area contributed by atoms with E-state index in [1.54, 1.807) is 6.92 Å². The quantitative estimate of drug-likeness (QED) is 0.148. The average molecular weight is 224 g/mol. The third-order valence-corrected chi connectivity index (χ3v) is 1.81. The van der Waals surface area contributed by atoms with Crippen LogP contribution in [-0.4, -0.2) is 31.7 Å². The van der Waals surface area contributed by atoms with Crippen molar-refractivity contribution in [3.05, 3.63) is 0 Å². The molecule has 14 heavy (non-hydrogen) atoms. The van der Waals surface area contributed by atoms with Crippen LogP contribution in [0.1, 0.15) is 20.3 Å². The van der Waals surface area contributed by atoms with Gasteiger partial charge in [0.25, 0.3) is 0 Å². The van der Waals surface area contributed by atoms with Gasteiger partial charge in [0.2, 0.25) is 0 Å². The molecule has 0 amide bonds. The minimum Gasteiger partial charge on any atom is -0.464 e. The number of hydrogen-bond acceptors (Lipinski definition) is 6. The van der Waals surface area contributed by atoms with E-state index in [0.29, 0.717) is 6.61 Å². The van der Waals surface area contributed by atoms with Gasteiger partial charge in [0.15, 0.2) is 6.79 Å². The topological polar surface area (TPSA) is 54.0 Å².